The molecule has 5 rings (SSSR count). The average molecular weight is 416 g/mol. The molecule has 0 unspecified atom stereocenters. The highest BCUT2D eigenvalue weighted by molar-refractivity contribution is 5.94. The molecule has 0 saturated heterocycles. The van der Waals surface area contributed by atoms with E-state index in [-0.39, 0.29) is 5.91 Å². The Bertz CT molecular complexity index is 959. The number of para-hydroxylation sites is 2. The zero-order chi connectivity index (χ0) is 21.0. The summed E-state index contributed by atoms with van der Waals surface area (Å²) in [6.07, 6.45) is 13.1. The molecule has 2 aliphatic rings. The topological polar surface area (TPSA) is 49.0 Å². The highest BCUT2D eigenvalue weighted by atomic mass is 16.2. The fourth-order valence-corrected chi connectivity index (χ4v) is 5.55. The number of hydrogen-bond donors (Lipinski definition) is 1. The van der Waals surface area contributed by atoms with Crippen LogP contribution in [0.5, 0.6) is 0 Å². The standard InChI is InChI=1S/C27H33N3O/c31-27(30(22-9-3-1-4-10-22)23-11-5-2-6-12-23)21-17-15-20(16-18-21)19-26-28-24-13-7-8-14-25(24)29-26/h7-8,13-18,22-23H,1-6,9-12,19H2,(H,28,29). The molecule has 1 N–H and O–H groups in total. The Labute approximate surface area is 185 Å². The summed E-state index contributed by atoms with van der Waals surface area (Å²) in [5.74, 6) is 1.21. The summed E-state index contributed by atoms with van der Waals surface area (Å²) in [5, 5.41) is 0. The van der Waals surface area contributed by atoms with Gasteiger partial charge in [0.1, 0.15) is 5.82 Å². The summed E-state index contributed by atoms with van der Waals surface area (Å²) in [6, 6.07) is 17.2. The van der Waals surface area contributed by atoms with Crippen molar-refractivity contribution in [3.63, 3.8) is 0 Å². The normalized spacial score (nSPS) is 18.3. The molecule has 2 aliphatic carbocycles. The minimum Gasteiger partial charge on any atom is -0.342 e. The van der Waals surface area contributed by atoms with Crippen LogP contribution in [0.15, 0.2) is 48.5 Å². The molecule has 0 spiro atoms. The highest BCUT2D eigenvalue weighted by Crippen LogP contribution is 2.31. The number of H-pyrrole nitrogens is 1. The van der Waals surface area contributed by atoms with Crippen LogP contribution >= 0.6 is 0 Å². The Kier molecular flexibility index (Phi) is 6.06. The molecule has 4 heteroatoms. The van der Waals surface area contributed by atoms with Crippen molar-refractivity contribution in [3.05, 3.63) is 65.5 Å². The lowest BCUT2D eigenvalue weighted by molar-refractivity contribution is 0.0448. The van der Waals surface area contributed by atoms with Gasteiger partial charge in [-0.15, -0.1) is 0 Å². The Morgan fingerprint density at radius 3 is 2.06 bits per heavy atom. The molecule has 1 heterocycles. The van der Waals surface area contributed by atoms with Gasteiger partial charge in [-0.25, -0.2) is 4.98 Å². The summed E-state index contributed by atoms with van der Waals surface area (Å²) in [6.45, 7) is 0. The number of amides is 1. The quantitative estimate of drug-likeness (QED) is 0.534. The van der Waals surface area contributed by atoms with Crippen molar-refractivity contribution < 1.29 is 4.79 Å². The van der Waals surface area contributed by atoms with E-state index in [1.165, 1.54) is 69.8 Å². The van der Waals surface area contributed by atoms with Crippen molar-refractivity contribution in [2.45, 2.75) is 82.7 Å². The second-order valence-corrected chi connectivity index (χ2v) is 9.37. The van der Waals surface area contributed by atoms with E-state index in [1.54, 1.807) is 0 Å². The van der Waals surface area contributed by atoms with Gasteiger partial charge in [0.25, 0.3) is 5.91 Å². The zero-order valence-electron chi connectivity index (χ0n) is 18.4. The van der Waals surface area contributed by atoms with Crippen molar-refractivity contribution in [1.82, 2.24) is 14.9 Å². The van der Waals surface area contributed by atoms with E-state index >= 15 is 0 Å². The third kappa shape index (κ3) is 4.53. The maximum Gasteiger partial charge on any atom is 0.254 e. The van der Waals surface area contributed by atoms with Crippen LogP contribution in [-0.4, -0.2) is 32.9 Å². The summed E-state index contributed by atoms with van der Waals surface area (Å²) in [7, 11) is 0. The van der Waals surface area contributed by atoms with Crippen LogP contribution in [-0.2, 0) is 6.42 Å². The van der Waals surface area contributed by atoms with E-state index in [0.29, 0.717) is 12.1 Å². The molecule has 1 aromatic heterocycles. The van der Waals surface area contributed by atoms with E-state index in [2.05, 4.69) is 33.1 Å². The Hall–Kier alpha value is -2.62. The zero-order valence-corrected chi connectivity index (χ0v) is 18.4. The molecule has 31 heavy (non-hydrogen) atoms. The van der Waals surface area contributed by atoms with Crippen molar-refractivity contribution >= 4 is 16.9 Å². The molecule has 2 fully saturated rings. The molecular weight excluding hydrogens is 382 g/mol. The van der Waals surface area contributed by atoms with Crippen molar-refractivity contribution in [2.75, 3.05) is 0 Å². The molecule has 1 amide bonds. The fraction of sp³-hybridized carbons (Fsp3) is 0.481. The monoisotopic (exact) mass is 415 g/mol. The van der Waals surface area contributed by atoms with Crippen LogP contribution in [0, 0.1) is 0 Å². The predicted molar refractivity (Wildman–Crippen MR) is 125 cm³/mol. The van der Waals surface area contributed by atoms with Gasteiger partial charge in [0, 0.05) is 24.1 Å². The fourth-order valence-electron chi connectivity index (χ4n) is 5.55. The minimum atomic E-state index is 0.245. The number of benzene rings is 2. The molecule has 4 nitrogen and oxygen atoms in total. The number of nitrogens with zero attached hydrogens (tertiary/aromatic N) is 2. The molecule has 162 valence electrons. The van der Waals surface area contributed by atoms with Crippen LogP contribution in [0.25, 0.3) is 11.0 Å². The van der Waals surface area contributed by atoms with Crippen molar-refractivity contribution in [3.8, 4) is 0 Å². The van der Waals surface area contributed by atoms with E-state index in [4.69, 9.17) is 0 Å². The first-order valence-corrected chi connectivity index (χ1v) is 12.1. The van der Waals surface area contributed by atoms with E-state index in [9.17, 15) is 4.79 Å². The van der Waals surface area contributed by atoms with E-state index < -0.39 is 0 Å². The molecule has 0 atom stereocenters. The smallest absolute Gasteiger partial charge is 0.254 e. The van der Waals surface area contributed by atoms with Crippen LogP contribution in [0.1, 0.15) is 86.0 Å². The highest BCUT2D eigenvalue weighted by Gasteiger charge is 2.32. The number of hydrogen-bond acceptors (Lipinski definition) is 2. The number of nitrogens with one attached hydrogen (secondary N) is 1. The first-order chi connectivity index (χ1) is 15.3. The molecular formula is C27H33N3O. The molecule has 2 saturated carbocycles. The number of aromatic amines is 1. The van der Waals surface area contributed by atoms with Gasteiger partial charge in [0.2, 0.25) is 0 Å². The molecule has 3 aromatic rings. The lowest BCUT2D eigenvalue weighted by Crippen LogP contribution is -2.48. The second-order valence-electron chi connectivity index (χ2n) is 9.37. The molecule has 0 radical (unpaired) electrons. The predicted octanol–water partition coefficient (Wildman–Crippen LogP) is 6.26. The lowest BCUT2D eigenvalue weighted by Gasteiger charge is -2.42. The number of imidazole rings is 1. The van der Waals surface area contributed by atoms with Crippen LogP contribution < -0.4 is 0 Å². The Balaban J connectivity index is 1.33. The minimum absolute atomic E-state index is 0.245. The second kappa shape index (κ2) is 9.25. The SMILES string of the molecule is O=C(c1ccc(Cc2nc3ccccc3[nH]2)cc1)N(C1CCCCC1)C1CCCCC1. The van der Waals surface area contributed by atoms with Gasteiger partial charge < -0.3 is 9.88 Å². The van der Waals surface area contributed by atoms with Gasteiger partial charge in [-0.1, -0.05) is 62.8 Å². The number of carbonyl (C=O) groups excluding carboxylic acids is 1. The summed E-state index contributed by atoms with van der Waals surface area (Å²) in [5.41, 5.74) is 4.08. The van der Waals surface area contributed by atoms with Gasteiger partial charge in [0.05, 0.1) is 11.0 Å². The largest absolute Gasteiger partial charge is 0.342 e. The van der Waals surface area contributed by atoms with Gasteiger partial charge >= 0.3 is 0 Å². The third-order valence-electron chi connectivity index (χ3n) is 7.18. The van der Waals surface area contributed by atoms with E-state index in [1.807, 2.05) is 30.3 Å². The maximum atomic E-state index is 13.6. The average Bonchev–Trinajstić information content (AvgIpc) is 3.23. The van der Waals surface area contributed by atoms with Gasteiger partial charge in [-0.05, 0) is 55.5 Å². The van der Waals surface area contributed by atoms with Crippen molar-refractivity contribution in [2.24, 2.45) is 0 Å². The van der Waals surface area contributed by atoms with Crippen LogP contribution in [0.4, 0.5) is 0 Å². The lowest BCUT2D eigenvalue weighted by atomic mass is 9.88. The number of carbonyl (C=O) groups is 1. The number of rotatable bonds is 5. The Morgan fingerprint density at radius 2 is 1.45 bits per heavy atom. The molecule has 0 aliphatic heterocycles. The van der Waals surface area contributed by atoms with Gasteiger partial charge in [0.15, 0.2) is 0 Å². The summed E-state index contributed by atoms with van der Waals surface area (Å²) < 4.78 is 0. The van der Waals surface area contributed by atoms with Crippen LogP contribution in [0.3, 0.4) is 0 Å². The van der Waals surface area contributed by atoms with Gasteiger partial charge in [-0.3, -0.25) is 4.79 Å². The molecule has 0 bridgehead atoms. The van der Waals surface area contributed by atoms with Crippen molar-refractivity contribution in [1.29, 1.82) is 0 Å². The van der Waals surface area contributed by atoms with E-state index in [0.717, 1.165) is 28.8 Å². The summed E-state index contributed by atoms with van der Waals surface area (Å²) in [4.78, 5) is 24.0. The number of aromatic nitrogens is 2. The Morgan fingerprint density at radius 1 is 0.839 bits per heavy atom. The van der Waals surface area contributed by atoms with Crippen LogP contribution in [0.2, 0.25) is 0 Å². The summed E-state index contributed by atoms with van der Waals surface area (Å²) >= 11 is 0. The molecule has 2 aromatic carbocycles. The number of fused-ring (bicyclic) bond motifs is 1. The first-order valence-electron chi connectivity index (χ1n) is 12.1. The first kappa shape index (κ1) is 20.3. The third-order valence-corrected chi connectivity index (χ3v) is 7.18. The van der Waals surface area contributed by atoms with Gasteiger partial charge in [-0.2, -0.15) is 0 Å². The maximum absolute atomic E-state index is 13.6.